The minimum absolute atomic E-state index is 0.400. The van der Waals surface area contributed by atoms with Crippen molar-refractivity contribution in [2.75, 3.05) is 18.2 Å². The van der Waals surface area contributed by atoms with E-state index in [1.807, 2.05) is 29.2 Å². The number of nitrogens with zero attached hydrogens (tertiary/aromatic N) is 1. The average Bonchev–Trinajstić information content (AvgIpc) is 2.50. The van der Waals surface area contributed by atoms with E-state index in [0.717, 1.165) is 17.7 Å². The van der Waals surface area contributed by atoms with Gasteiger partial charge in [-0.05, 0) is 12.1 Å². The van der Waals surface area contributed by atoms with Crippen molar-refractivity contribution in [3.63, 3.8) is 0 Å². The van der Waals surface area contributed by atoms with Crippen molar-refractivity contribution >= 4 is 12.0 Å². The third kappa shape index (κ3) is 1.03. The molecule has 0 saturated carbocycles. The van der Waals surface area contributed by atoms with Crippen LogP contribution in [0.3, 0.4) is 0 Å². The lowest BCUT2D eigenvalue weighted by atomic mass is 10.3. The second kappa shape index (κ2) is 2.85. The number of ether oxygens (including phenoxy) is 1. The van der Waals surface area contributed by atoms with Gasteiger partial charge in [-0.15, -0.1) is 0 Å². The predicted octanol–water partition coefficient (Wildman–Crippen LogP) is 1.04. The topological polar surface area (TPSA) is 29.5 Å². The fourth-order valence-corrected chi connectivity index (χ4v) is 1.30. The van der Waals surface area contributed by atoms with Crippen molar-refractivity contribution in [1.29, 1.82) is 0 Å². The fourth-order valence-electron chi connectivity index (χ4n) is 1.30. The van der Waals surface area contributed by atoms with Crippen LogP contribution >= 0.6 is 0 Å². The molecule has 3 heteroatoms. The predicted molar refractivity (Wildman–Crippen MR) is 45.3 cm³/mol. The third-order valence-corrected chi connectivity index (χ3v) is 1.88. The summed E-state index contributed by atoms with van der Waals surface area (Å²) in [6.07, 6.45) is 0.880. The van der Waals surface area contributed by atoms with E-state index in [4.69, 9.17) is 4.74 Å². The molecule has 0 aromatic heterocycles. The molecule has 1 aromatic rings. The Bertz CT molecular complexity index is 298. The molecule has 62 valence electrons. The summed E-state index contributed by atoms with van der Waals surface area (Å²) in [5.74, 6) is 0.861. The monoisotopic (exact) mass is 163 g/mol. The highest BCUT2D eigenvalue weighted by atomic mass is 16.5. The highest BCUT2D eigenvalue weighted by molar-refractivity contribution is 5.67. The maximum absolute atomic E-state index is 10.3. The van der Waals surface area contributed by atoms with E-state index in [9.17, 15) is 4.79 Å². The Morgan fingerprint density at radius 1 is 1.50 bits per heavy atom. The number of carbonyl (C=O) groups excluding carboxylic acids is 1. The van der Waals surface area contributed by atoms with Crippen molar-refractivity contribution in [1.82, 2.24) is 0 Å². The van der Waals surface area contributed by atoms with Gasteiger partial charge in [0.1, 0.15) is 12.0 Å². The molecule has 0 N–H and O–H groups in total. The molecule has 0 bridgehead atoms. The zero-order valence-corrected chi connectivity index (χ0v) is 6.56. The van der Waals surface area contributed by atoms with Gasteiger partial charge >= 0.3 is 0 Å². The van der Waals surface area contributed by atoms with Crippen LogP contribution in [-0.2, 0) is 4.79 Å². The first kappa shape index (κ1) is 7.16. The molecule has 0 aliphatic carbocycles. The first-order chi connectivity index (χ1) is 5.92. The van der Waals surface area contributed by atoms with Crippen molar-refractivity contribution in [2.45, 2.75) is 0 Å². The molecule has 2 rings (SSSR count). The Morgan fingerprint density at radius 3 is 3.17 bits per heavy atom. The molecule has 0 radical (unpaired) electrons. The molecular formula is C9H9NO2. The minimum Gasteiger partial charge on any atom is -0.471 e. The molecule has 1 aromatic carbocycles. The van der Waals surface area contributed by atoms with Crippen LogP contribution in [0.1, 0.15) is 0 Å². The van der Waals surface area contributed by atoms with Gasteiger partial charge in [-0.1, -0.05) is 12.1 Å². The SMILES string of the molecule is O=CCN1COc2ccccc21. The van der Waals surface area contributed by atoms with E-state index < -0.39 is 0 Å². The summed E-state index contributed by atoms with van der Waals surface area (Å²) in [5.41, 5.74) is 1.00. The van der Waals surface area contributed by atoms with Crippen LogP contribution in [0.2, 0.25) is 0 Å². The van der Waals surface area contributed by atoms with E-state index in [-0.39, 0.29) is 0 Å². The quantitative estimate of drug-likeness (QED) is 0.610. The largest absolute Gasteiger partial charge is 0.471 e. The Balaban J connectivity index is 2.29. The van der Waals surface area contributed by atoms with Crippen LogP contribution in [0.5, 0.6) is 5.75 Å². The average molecular weight is 163 g/mol. The molecule has 0 saturated heterocycles. The second-order valence-corrected chi connectivity index (χ2v) is 2.63. The normalized spacial score (nSPS) is 13.8. The molecule has 0 fully saturated rings. The third-order valence-electron chi connectivity index (χ3n) is 1.88. The van der Waals surface area contributed by atoms with Crippen LogP contribution in [-0.4, -0.2) is 19.6 Å². The van der Waals surface area contributed by atoms with Crippen molar-refractivity contribution in [3.8, 4) is 5.75 Å². The maximum atomic E-state index is 10.3. The summed E-state index contributed by atoms with van der Waals surface area (Å²) in [4.78, 5) is 12.2. The molecule has 12 heavy (non-hydrogen) atoms. The summed E-state index contributed by atoms with van der Waals surface area (Å²) >= 11 is 0. The van der Waals surface area contributed by atoms with Gasteiger partial charge in [0.15, 0.2) is 6.73 Å². The van der Waals surface area contributed by atoms with Crippen LogP contribution in [0.25, 0.3) is 0 Å². The maximum Gasteiger partial charge on any atom is 0.162 e. The smallest absolute Gasteiger partial charge is 0.162 e. The number of aldehydes is 1. The van der Waals surface area contributed by atoms with Gasteiger partial charge in [-0.3, -0.25) is 0 Å². The molecule has 0 amide bonds. The first-order valence-electron chi connectivity index (χ1n) is 3.82. The van der Waals surface area contributed by atoms with Crippen LogP contribution < -0.4 is 9.64 Å². The van der Waals surface area contributed by atoms with Crippen LogP contribution in [0.4, 0.5) is 5.69 Å². The summed E-state index contributed by atoms with van der Waals surface area (Å²) in [6.45, 7) is 0.884. The Morgan fingerprint density at radius 2 is 2.33 bits per heavy atom. The summed E-state index contributed by atoms with van der Waals surface area (Å²) < 4.78 is 5.33. The van der Waals surface area contributed by atoms with Crippen molar-refractivity contribution < 1.29 is 9.53 Å². The summed E-state index contributed by atoms with van der Waals surface area (Å²) in [6, 6.07) is 7.71. The number of hydrogen-bond donors (Lipinski definition) is 0. The highest BCUT2D eigenvalue weighted by Gasteiger charge is 2.18. The van der Waals surface area contributed by atoms with E-state index in [1.54, 1.807) is 0 Å². The van der Waals surface area contributed by atoms with Crippen molar-refractivity contribution in [3.05, 3.63) is 24.3 Å². The van der Waals surface area contributed by atoms with Gasteiger partial charge in [0.05, 0.1) is 12.2 Å². The van der Waals surface area contributed by atoms with E-state index in [1.165, 1.54) is 0 Å². The standard InChI is InChI=1S/C9H9NO2/c11-6-5-10-7-12-9-4-2-1-3-8(9)10/h1-4,6H,5,7H2. The number of rotatable bonds is 2. The minimum atomic E-state index is 0.400. The van der Waals surface area contributed by atoms with Gasteiger partial charge in [0.2, 0.25) is 0 Å². The van der Waals surface area contributed by atoms with E-state index >= 15 is 0 Å². The molecule has 1 aliphatic heterocycles. The molecular weight excluding hydrogens is 154 g/mol. The lowest BCUT2D eigenvalue weighted by Gasteiger charge is -2.11. The van der Waals surface area contributed by atoms with E-state index in [2.05, 4.69) is 0 Å². The van der Waals surface area contributed by atoms with E-state index in [0.29, 0.717) is 13.3 Å². The Kier molecular flexibility index (Phi) is 1.70. The lowest BCUT2D eigenvalue weighted by molar-refractivity contribution is -0.106. The lowest BCUT2D eigenvalue weighted by Crippen LogP contribution is -2.23. The van der Waals surface area contributed by atoms with Crippen molar-refractivity contribution in [2.24, 2.45) is 0 Å². The fraction of sp³-hybridized carbons (Fsp3) is 0.222. The molecule has 1 heterocycles. The molecule has 0 unspecified atom stereocenters. The van der Waals surface area contributed by atoms with Gasteiger partial charge < -0.3 is 14.4 Å². The highest BCUT2D eigenvalue weighted by Crippen LogP contribution is 2.32. The van der Waals surface area contributed by atoms with Crippen LogP contribution in [0, 0.1) is 0 Å². The number of anilines is 1. The summed E-state index contributed by atoms with van der Waals surface area (Å²) in [7, 11) is 0. The molecule has 0 atom stereocenters. The Labute approximate surface area is 70.6 Å². The van der Waals surface area contributed by atoms with Gasteiger partial charge in [0.25, 0.3) is 0 Å². The molecule has 3 nitrogen and oxygen atoms in total. The van der Waals surface area contributed by atoms with Crippen LogP contribution in [0.15, 0.2) is 24.3 Å². The zero-order chi connectivity index (χ0) is 8.39. The van der Waals surface area contributed by atoms with Gasteiger partial charge in [-0.25, -0.2) is 0 Å². The zero-order valence-electron chi connectivity index (χ0n) is 6.56. The molecule has 0 spiro atoms. The number of carbonyl (C=O) groups is 1. The number of hydrogen-bond acceptors (Lipinski definition) is 3. The summed E-state index contributed by atoms with van der Waals surface area (Å²) in [5, 5.41) is 0. The Hall–Kier alpha value is -1.51. The first-order valence-corrected chi connectivity index (χ1v) is 3.82. The number of benzene rings is 1. The molecule has 1 aliphatic rings. The van der Waals surface area contributed by atoms with Gasteiger partial charge in [-0.2, -0.15) is 0 Å². The second-order valence-electron chi connectivity index (χ2n) is 2.63. The number of fused-ring (bicyclic) bond motifs is 1. The van der Waals surface area contributed by atoms with Gasteiger partial charge in [0, 0.05) is 0 Å². The number of para-hydroxylation sites is 2.